The highest BCUT2D eigenvalue weighted by Gasteiger charge is 2.24. The van der Waals surface area contributed by atoms with Crippen molar-refractivity contribution in [1.82, 2.24) is 19.7 Å². The number of carbonyl (C=O) groups is 1. The Morgan fingerprint density at radius 1 is 1.06 bits per heavy atom. The normalized spacial score (nSPS) is 16.2. The number of benzene rings is 1. The Morgan fingerprint density at radius 3 is 2.66 bits per heavy atom. The molecule has 8 nitrogen and oxygen atoms in total. The standard InChI is InChI=1S/C26H31N5O3S/c32-24(30(19-23-12-7-15-34-23)22-10-5-2-6-11-22)20-35-26-28-27-25(29-13-16-33-17-14-29)31(26)18-21-8-3-1-4-9-21/h1,3-4,7-10,12,15H,2,5-6,11,13-14,16-20H2. The number of hydrogen-bond donors (Lipinski definition) is 0. The summed E-state index contributed by atoms with van der Waals surface area (Å²) >= 11 is 1.45. The molecule has 0 bridgehead atoms. The lowest BCUT2D eigenvalue weighted by molar-refractivity contribution is -0.127. The van der Waals surface area contributed by atoms with Gasteiger partial charge in [-0.05, 0) is 43.4 Å². The van der Waals surface area contributed by atoms with E-state index in [0.29, 0.717) is 26.3 Å². The van der Waals surface area contributed by atoms with Crippen LogP contribution in [0.1, 0.15) is 37.0 Å². The topological polar surface area (TPSA) is 76.6 Å². The van der Waals surface area contributed by atoms with Crippen molar-refractivity contribution in [3.63, 3.8) is 0 Å². The molecule has 1 aliphatic carbocycles. The van der Waals surface area contributed by atoms with Gasteiger partial charge in [0, 0.05) is 18.8 Å². The smallest absolute Gasteiger partial charge is 0.237 e. The van der Waals surface area contributed by atoms with Crippen molar-refractivity contribution in [2.75, 3.05) is 37.0 Å². The Morgan fingerprint density at radius 2 is 1.91 bits per heavy atom. The number of morpholine rings is 1. The highest BCUT2D eigenvalue weighted by Crippen LogP contribution is 2.27. The molecule has 0 N–H and O–H groups in total. The first-order valence-electron chi connectivity index (χ1n) is 12.2. The molecule has 184 valence electrons. The van der Waals surface area contributed by atoms with Crippen molar-refractivity contribution in [2.45, 2.75) is 43.9 Å². The molecule has 0 unspecified atom stereocenters. The summed E-state index contributed by atoms with van der Waals surface area (Å²) in [6.07, 6.45) is 8.06. The fraction of sp³-hybridized carbons (Fsp3) is 0.423. The second-order valence-corrected chi connectivity index (χ2v) is 9.69. The van der Waals surface area contributed by atoms with Crippen LogP contribution in [0.4, 0.5) is 5.95 Å². The third-order valence-electron chi connectivity index (χ3n) is 6.31. The molecular weight excluding hydrogens is 462 g/mol. The maximum atomic E-state index is 13.5. The molecule has 0 spiro atoms. The van der Waals surface area contributed by atoms with Crippen LogP contribution in [0.15, 0.2) is 70.1 Å². The van der Waals surface area contributed by atoms with Crippen LogP contribution in [-0.4, -0.2) is 57.6 Å². The van der Waals surface area contributed by atoms with Gasteiger partial charge in [-0.2, -0.15) is 0 Å². The Balaban J connectivity index is 1.34. The number of hydrogen-bond acceptors (Lipinski definition) is 7. The molecule has 1 amide bonds. The highest BCUT2D eigenvalue weighted by atomic mass is 32.2. The maximum absolute atomic E-state index is 13.5. The van der Waals surface area contributed by atoms with Crippen LogP contribution in [0.3, 0.4) is 0 Å². The van der Waals surface area contributed by atoms with Gasteiger partial charge < -0.3 is 19.0 Å². The number of furan rings is 1. The number of thioether (sulfide) groups is 1. The van der Waals surface area contributed by atoms with Gasteiger partial charge >= 0.3 is 0 Å². The van der Waals surface area contributed by atoms with Crippen molar-refractivity contribution in [3.8, 4) is 0 Å². The van der Waals surface area contributed by atoms with E-state index in [-0.39, 0.29) is 11.7 Å². The van der Waals surface area contributed by atoms with Gasteiger partial charge in [-0.1, -0.05) is 48.2 Å². The number of carbonyl (C=O) groups excluding carboxylic acids is 1. The summed E-state index contributed by atoms with van der Waals surface area (Å²) < 4.78 is 13.2. The van der Waals surface area contributed by atoms with E-state index in [1.165, 1.54) is 23.7 Å². The quantitative estimate of drug-likeness (QED) is 0.411. The first-order chi connectivity index (χ1) is 17.3. The summed E-state index contributed by atoms with van der Waals surface area (Å²) in [6, 6.07) is 14.1. The van der Waals surface area contributed by atoms with E-state index in [1.807, 2.05) is 35.2 Å². The molecule has 35 heavy (non-hydrogen) atoms. The molecule has 1 saturated heterocycles. The van der Waals surface area contributed by atoms with Crippen molar-refractivity contribution < 1.29 is 13.9 Å². The number of anilines is 1. The van der Waals surface area contributed by atoms with Gasteiger partial charge in [0.15, 0.2) is 5.16 Å². The SMILES string of the molecule is O=C(CSc1nnc(N2CCOCC2)n1Cc1ccccc1)N(Cc1ccco1)C1=CCCCC1. The Labute approximate surface area is 209 Å². The fourth-order valence-corrected chi connectivity index (χ4v) is 5.28. The molecule has 2 aromatic heterocycles. The highest BCUT2D eigenvalue weighted by molar-refractivity contribution is 7.99. The van der Waals surface area contributed by atoms with E-state index in [0.717, 1.165) is 54.9 Å². The van der Waals surface area contributed by atoms with Crippen LogP contribution < -0.4 is 4.90 Å². The minimum atomic E-state index is 0.0572. The lowest BCUT2D eigenvalue weighted by Gasteiger charge is -2.28. The molecule has 1 aromatic carbocycles. The Bertz CT molecular complexity index is 1120. The van der Waals surface area contributed by atoms with E-state index in [1.54, 1.807) is 6.26 Å². The summed E-state index contributed by atoms with van der Waals surface area (Å²) in [5, 5.41) is 9.77. The van der Waals surface area contributed by atoms with Gasteiger partial charge in [0.1, 0.15) is 5.76 Å². The van der Waals surface area contributed by atoms with Gasteiger partial charge in [0.05, 0.1) is 38.3 Å². The maximum Gasteiger partial charge on any atom is 0.237 e. The van der Waals surface area contributed by atoms with Crippen molar-refractivity contribution >= 4 is 23.6 Å². The lowest BCUT2D eigenvalue weighted by atomic mass is 10.0. The molecule has 1 fully saturated rings. The van der Waals surface area contributed by atoms with E-state index in [9.17, 15) is 4.79 Å². The number of allylic oxidation sites excluding steroid dienone is 2. The number of nitrogens with zero attached hydrogens (tertiary/aromatic N) is 5. The van der Waals surface area contributed by atoms with Gasteiger partial charge in [-0.25, -0.2) is 0 Å². The van der Waals surface area contributed by atoms with E-state index < -0.39 is 0 Å². The Hall–Kier alpha value is -3.04. The minimum absolute atomic E-state index is 0.0572. The molecule has 5 rings (SSSR count). The summed E-state index contributed by atoms with van der Waals surface area (Å²) in [4.78, 5) is 17.5. The second-order valence-electron chi connectivity index (χ2n) is 8.74. The van der Waals surface area contributed by atoms with Crippen LogP contribution in [-0.2, 0) is 22.6 Å². The van der Waals surface area contributed by atoms with Crippen LogP contribution >= 0.6 is 11.8 Å². The summed E-state index contributed by atoms with van der Waals surface area (Å²) in [5.74, 6) is 1.96. The molecule has 9 heteroatoms. The Kier molecular flexibility index (Phi) is 7.85. The largest absolute Gasteiger partial charge is 0.467 e. The van der Waals surface area contributed by atoms with Gasteiger partial charge in [-0.3, -0.25) is 9.36 Å². The summed E-state index contributed by atoms with van der Waals surface area (Å²) in [7, 11) is 0. The van der Waals surface area contributed by atoms with Gasteiger partial charge in [0.25, 0.3) is 0 Å². The van der Waals surface area contributed by atoms with Crippen LogP contribution in [0, 0.1) is 0 Å². The van der Waals surface area contributed by atoms with Crippen molar-refractivity contribution in [3.05, 3.63) is 71.8 Å². The van der Waals surface area contributed by atoms with Gasteiger partial charge in [0.2, 0.25) is 11.9 Å². The minimum Gasteiger partial charge on any atom is -0.467 e. The fourth-order valence-electron chi connectivity index (χ4n) is 4.47. The molecule has 1 aliphatic heterocycles. The summed E-state index contributed by atoms with van der Waals surface area (Å²) in [6.45, 7) is 4.02. The molecule has 2 aliphatic rings. The van der Waals surface area contributed by atoms with Crippen molar-refractivity contribution in [1.29, 1.82) is 0 Å². The van der Waals surface area contributed by atoms with E-state index >= 15 is 0 Å². The zero-order valence-electron chi connectivity index (χ0n) is 19.8. The zero-order chi connectivity index (χ0) is 23.9. The first kappa shape index (κ1) is 23.7. The molecule has 0 saturated carbocycles. The van der Waals surface area contributed by atoms with Crippen LogP contribution in [0.5, 0.6) is 0 Å². The predicted octanol–water partition coefficient (Wildman–Crippen LogP) is 4.33. The number of ether oxygens (including phenoxy) is 1. The second kappa shape index (κ2) is 11.6. The van der Waals surface area contributed by atoms with E-state index in [2.05, 4.69) is 37.9 Å². The lowest BCUT2D eigenvalue weighted by Crippen LogP contribution is -2.38. The molecular formula is C26H31N5O3S. The van der Waals surface area contributed by atoms with Crippen LogP contribution in [0.25, 0.3) is 0 Å². The van der Waals surface area contributed by atoms with Gasteiger partial charge in [-0.15, -0.1) is 10.2 Å². The van der Waals surface area contributed by atoms with Crippen LogP contribution in [0.2, 0.25) is 0 Å². The zero-order valence-corrected chi connectivity index (χ0v) is 20.7. The average Bonchev–Trinajstić information content (AvgIpc) is 3.57. The molecule has 3 aromatic rings. The summed E-state index contributed by atoms with van der Waals surface area (Å²) in [5.41, 5.74) is 2.26. The number of rotatable bonds is 9. The number of amides is 1. The van der Waals surface area contributed by atoms with E-state index in [4.69, 9.17) is 9.15 Å². The predicted molar refractivity (Wildman–Crippen MR) is 135 cm³/mol. The third-order valence-corrected chi connectivity index (χ3v) is 7.26. The third kappa shape index (κ3) is 5.97. The molecule has 0 radical (unpaired) electrons. The average molecular weight is 494 g/mol. The van der Waals surface area contributed by atoms with Crippen molar-refractivity contribution in [2.24, 2.45) is 0 Å². The monoisotopic (exact) mass is 493 g/mol. The molecule has 0 atom stereocenters. The number of aromatic nitrogens is 3. The first-order valence-corrected chi connectivity index (χ1v) is 13.2. The molecule has 3 heterocycles.